The van der Waals surface area contributed by atoms with Crippen LogP contribution in [0.25, 0.3) is 0 Å². The molecule has 0 spiro atoms. The van der Waals surface area contributed by atoms with Gasteiger partial charge in [-0.2, -0.15) is 0 Å². The predicted octanol–water partition coefficient (Wildman–Crippen LogP) is 5.41. The van der Waals surface area contributed by atoms with Crippen LogP contribution in [0.5, 0.6) is 0 Å². The van der Waals surface area contributed by atoms with E-state index < -0.39 is 0 Å². The van der Waals surface area contributed by atoms with Gasteiger partial charge in [0, 0.05) is 6.42 Å². The average Bonchev–Trinajstić information content (AvgIpc) is 2.46. The Labute approximate surface area is 125 Å². The Morgan fingerprint density at radius 2 is 1.10 bits per heavy atom. The third-order valence-electron chi connectivity index (χ3n) is 2.71. The minimum Gasteiger partial charge on any atom is -0.352 e. The van der Waals surface area contributed by atoms with Crippen LogP contribution in [-0.4, -0.2) is 19.5 Å². The molecule has 0 N–H and O–H groups in total. The molecular weight excluding hydrogens is 248 g/mol. The lowest BCUT2D eigenvalue weighted by Crippen LogP contribution is -2.17. The molecule has 0 aromatic rings. The van der Waals surface area contributed by atoms with Gasteiger partial charge in [0.05, 0.1) is 13.2 Å². The molecule has 0 rings (SSSR count). The van der Waals surface area contributed by atoms with Gasteiger partial charge < -0.3 is 9.47 Å². The second-order valence-corrected chi connectivity index (χ2v) is 4.62. The quantitative estimate of drug-likeness (QED) is 0.255. The average molecular weight is 280 g/mol. The Hall–Kier alpha value is -0.860. The second kappa shape index (κ2) is 16.2. The van der Waals surface area contributed by atoms with Crippen LogP contribution in [0.15, 0.2) is 36.5 Å². The summed E-state index contributed by atoms with van der Waals surface area (Å²) in [6.07, 6.45) is 18.9. The maximum absolute atomic E-state index is 5.79. The Kier molecular flexibility index (Phi) is 15.5. The standard InChI is InChI=1S/C18H32O2/c1-4-7-10-13-16-19-18(15-12-9-6-3)20-17-14-11-8-5-2/h7-12,18H,4-6,13-17H2,1-3H3. The number of ether oxygens (including phenoxy) is 2. The molecule has 116 valence electrons. The summed E-state index contributed by atoms with van der Waals surface area (Å²) in [4.78, 5) is 0. The van der Waals surface area contributed by atoms with E-state index in [1.54, 1.807) is 0 Å². The summed E-state index contributed by atoms with van der Waals surface area (Å²) < 4.78 is 11.6. The van der Waals surface area contributed by atoms with E-state index in [9.17, 15) is 0 Å². The van der Waals surface area contributed by atoms with Gasteiger partial charge in [-0.25, -0.2) is 0 Å². The lowest BCUT2D eigenvalue weighted by atomic mass is 10.3. The molecule has 0 atom stereocenters. The van der Waals surface area contributed by atoms with Gasteiger partial charge in [-0.15, -0.1) is 0 Å². The van der Waals surface area contributed by atoms with Crippen molar-refractivity contribution in [2.24, 2.45) is 0 Å². The van der Waals surface area contributed by atoms with E-state index >= 15 is 0 Å². The molecule has 2 heteroatoms. The van der Waals surface area contributed by atoms with Crippen molar-refractivity contribution in [3.05, 3.63) is 36.5 Å². The van der Waals surface area contributed by atoms with Gasteiger partial charge in [-0.05, 0) is 32.1 Å². The minimum absolute atomic E-state index is 0.108. The van der Waals surface area contributed by atoms with E-state index in [0.717, 1.165) is 51.7 Å². The van der Waals surface area contributed by atoms with Crippen LogP contribution in [0.4, 0.5) is 0 Å². The molecule has 2 nitrogen and oxygen atoms in total. The molecular formula is C18H32O2. The van der Waals surface area contributed by atoms with Crippen LogP contribution >= 0.6 is 0 Å². The van der Waals surface area contributed by atoms with Crippen molar-refractivity contribution in [1.82, 2.24) is 0 Å². The van der Waals surface area contributed by atoms with E-state index in [4.69, 9.17) is 9.47 Å². The summed E-state index contributed by atoms with van der Waals surface area (Å²) in [7, 11) is 0. The van der Waals surface area contributed by atoms with Gasteiger partial charge in [0.2, 0.25) is 0 Å². The first-order valence-corrected chi connectivity index (χ1v) is 8.03. The summed E-state index contributed by atoms with van der Waals surface area (Å²) in [6.45, 7) is 7.88. The fourth-order valence-corrected chi connectivity index (χ4v) is 1.66. The molecule has 0 unspecified atom stereocenters. The molecule has 0 aliphatic carbocycles. The number of rotatable bonds is 13. The molecule has 0 aliphatic rings. The lowest BCUT2D eigenvalue weighted by molar-refractivity contribution is -0.137. The van der Waals surface area contributed by atoms with E-state index in [1.165, 1.54) is 0 Å². The highest BCUT2D eigenvalue weighted by atomic mass is 16.7. The fourth-order valence-electron chi connectivity index (χ4n) is 1.66. The van der Waals surface area contributed by atoms with Crippen molar-refractivity contribution in [3.63, 3.8) is 0 Å². The van der Waals surface area contributed by atoms with Crippen LogP contribution in [-0.2, 0) is 9.47 Å². The first kappa shape index (κ1) is 19.1. The summed E-state index contributed by atoms with van der Waals surface area (Å²) >= 11 is 0. The van der Waals surface area contributed by atoms with Crippen molar-refractivity contribution in [2.45, 2.75) is 65.6 Å². The highest BCUT2D eigenvalue weighted by Crippen LogP contribution is 2.05. The van der Waals surface area contributed by atoms with Crippen LogP contribution in [0.2, 0.25) is 0 Å². The normalized spacial score (nSPS) is 13.9. The molecule has 0 saturated heterocycles. The monoisotopic (exact) mass is 280 g/mol. The Balaban J connectivity index is 3.90. The maximum Gasteiger partial charge on any atom is 0.161 e. The third-order valence-corrected chi connectivity index (χ3v) is 2.71. The summed E-state index contributed by atoms with van der Waals surface area (Å²) in [5.74, 6) is 0. The smallest absolute Gasteiger partial charge is 0.161 e. The Bertz CT molecular complexity index is 247. The fraction of sp³-hybridized carbons (Fsp3) is 0.667. The predicted molar refractivity (Wildman–Crippen MR) is 87.8 cm³/mol. The van der Waals surface area contributed by atoms with Gasteiger partial charge in [-0.3, -0.25) is 0 Å². The van der Waals surface area contributed by atoms with Gasteiger partial charge in [0.25, 0.3) is 0 Å². The molecule has 0 amide bonds. The molecule has 0 saturated carbocycles. The minimum atomic E-state index is -0.108. The molecule has 0 aromatic heterocycles. The maximum atomic E-state index is 5.79. The van der Waals surface area contributed by atoms with Crippen LogP contribution in [0.3, 0.4) is 0 Å². The Morgan fingerprint density at radius 3 is 1.55 bits per heavy atom. The Morgan fingerprint density at radius 1 is 0.650 bits per heavy atom. The number of hydrogen-bond acceptors (Lipinski definition) is 2. The zero-order chi connectivity index (χ0) is 14.9. The summed E-state index contributed by atoms with van der Waals surface area (Å²) in [6, 6.07) is 0. The van der Waals surface area contributed by atoms with Crippen molar-refractivity contribution >= 4 is 0 Å². The third kappa shape index (κ3) is 13.6. The molecule has 20 heavy (non-hydrogen) atoms. The molecule has 0 heterocycles. The van der Waals surface area contributed by atoms with Crippen molar-refractivity contribution in [3.8, 4) is 0 Å². The SMILES string of the molecule is CCC=CCCOC(CC=CCC)OCCC=CCC. The van der Waals surface area contributed by atoms with Crippen LogP contribution in [0, 0.1) is 0 Å². The first-order valence-electron chi connectivity index (χ1n) is 8.03. The van der Waals surface area contributed by atoms with Crippen LogP contribution in [0.1, 0.15) is 59.3 Å². The second-order valence-electron chi connectivity index (χ2n) is 4.62. The van der Waals surface area contributed by atoms with Gasteiger partial charge in [-0.1, -0.05) is 57.2 Å². The number of allylic oxidation sites excluding steroid dienone is 3. The van der Waals surface area contributed by atoms with Crippen molar-refractivity contribution < 1.29 is 9.47 Å². The highest BCUT2D eigenvalue weighted by molar-refractivity contribution is 4.83. The lowest BCUT2D eigenvalue weighted by Gasteiger charge is -2.16. The first-order chi connectivity index (χ1) is 9.85. The van der Waals surface area contributed by atoms with Crippen molar-refractivity contribution in [1.29, 1.82) is 0 Å². The van der Waals surface area contributed by atoms with E-state index in [0.29, 0.717) is 0 Å². The van der Waals surface area contributed by atoms with Crippen LogP contribution < -0.4 is 0 Å². The zero-order valence-corrected chi connectivity index (χ0v) is 13.5. The topological polar surface area (TPSA) is 18.5 Å². The highest BCUT2D eigenvalue weighted by Gasteiger charge is 2.06. The molecule has 0 radical (unpaired) electrons. The molecule has 0 aromatic carbocycles. The molecule has 0 aliphatic heterocycles. The van der Waals surface area contributed by atoms with Gasteiger partial charge in [0.15, 0.2) is 6.29 Å². The van der Waals surface area contributed by atoms with E-state index in [2.05, 4.69) is 57.2 Å². The van der Waals surface area contributed by atoms with Gasteiger partial charge in [0.1, 0.15) is 0 Å². The zero-order valence-electron chi connectivity index (χ0n) is 13.5. The van der Waals surface area contributed by atoms with E-state index in [1.807, 2.05) is 0 Å². The molecule has 0 fully saturated rings. The van der Waals surface area contributed by atoms with Gasteiger partial charge >= 0.3 is 0 Å². The molecule has 0 bridgehead atoms. The number of hydrogen-bond donors (Lipinski definition) is 0. The largest absolute Gasteiger partial charge is 0.352 e. The summed E-state index contributed by atoms with van der Waals surface area (Å²) in [5, 5.41) is 0. The summed E-state index contributed by atoms with van der Waals surface area (Å²) in [5.41, 5.74) is 0. The van der Waals surface area contributed by atoms with E-state index in [-0.39, 0.29) is 6.29 Å². The van der Waals surface area contributed by atoms with Crippen molar-refractivity contribution in [2.75, 3.05) is 13.2 Å².